The number of carboxylic acids is 1. The molecular weight excluding hydrogens is 332 g/mol. The zero-order valence-corrected chi connectivity index (χ0v) is 15.8. The molecule has 2 aromatic carbocycles. The van der Waals surface area contributed by atoms with Gasteiger partial charge >= 0.3 is 5.97 Å². The number of allylic oxidation sites excluding steroid dienone is 1. The molecule has 0 radical (unpaired) electrons. The largest absolute Gasteiger partial charge is 0.478 e. The van der Waals surface area contributed by atoms with E-state index in [0.717, 1.165) is 29.5 Å². The molecule has 2 aromatic rings. The van der Waals surface area contributed by atoms with Crippen LogP contribution in [0.15, 0.2) is 67.3 Å². The van der Waals surface area contributed by atoms with Crippen LogP contribution in [0.1, 0.15) is 55.6 Å². The lowest BCUT2D eigenvalue weighted by molar-refractivity contribution is -0.131. The minimum Gasteiger partial charge on any atom is -0.478 e. The van der Waals surface area contributed by atoms with Crippen LogP contribution in [0.2, 0.25) is 0 Å². The third-order valence-corrected chi connectivity index (χ3v) is 5.67. The second kappa shape index (κ2) is 9.36. The van der Waals surface area contributed by atoms with Crippen LogP contribution in [0.25, 0.3) is 17.2 Å². The van der Waals surface area contributed by atoms with Crippen molar-refractivity contribution in [3.05, 3.63) is 78.4 Å². The van der Waals surface area contributed by atoms with Crippen molar-refractivity contribution in [1.29, 1.82) is 0 Å². The second-order valence-corrected chi connectivity index (χ2v) is 7.50. The summed E-state index contributed by atoms with van der Waals surface area (Å²) in [4.78, 5) is 10.6. The Morgan fingerprint density at radius 3 is 2.11 bits per heavy atom. The van der Waals surface area contributed by atoms with Crippen molar-refractivity contribution in [3.8, 4) is 11.1 Å². The third-order valence-electron chi connectivity index (χ3n) is 5.67. The van der Waals surface area contributed by atoms with E-state index in [0.29, 0.717) is 5.92 Å². The lowest BCUT2D eigenvalue weighted by atomic mass is 9.77. The van der Waals surface area contributed by atoms with Gasteiger partial charge in [-0.1, -0.05) is 54.6 Å². The van der Waals surface area contributed by atoms with E-state index in [-0.39, 0.29) is 0 Å². The Balaban J connectivity index is 1.60. The molecule has 0 bridgehead atoms. The number of carboxylic acid groups (broad SMARTS) is 1. The summed E-state index contributed by atoms with van der Waals surface area (Å²) >= 11 is 0. The summed E-state index contributed by atoms with van der Waals surface area (Å²) in [6, 6.07) is 17.0. The predicted molar refractivity (Wildman–Crippen MR) is 113 cm³/mol. The molecule has 1 fully saturated rings. The molecule has 1 aliphatic rings. The number of hydrogen-bond acceptors (Lipinski definition) is 1. The van der Waals surface area contributed by atoms with Crippen LogP contribution in [0.5, 0.6) is 0 Å². The summed E-state index contributed by atoms with van der Waals surface area (Å²) < 4.78 is 0. The summed E-state index contributed by atoms with van der Waals surface area (Å²) in [7, 11) is 0. The van der Waals surface area contributed by atoms with E-state index in [1.54, 1.807) is 6.08 Å². The van der Waals surface area contributed by atoms with E-state index in [9.17, 15) is 4.79 Å². The Bertz CT molecular complexity index is 776. The van der Waals surface area contributed by atoms with E-state index >= 15 is 0 Å². The summed E-state index contributed by atoms with van der Waals surface area (Å²) in [6.45, 7) is 3.83. The summed E-state index contributed by atoms with van der Waals surface area (Å²) in [6.07, 6.45) is 12.5. The topological polar surface area (TPSA) is 37.3 Å². The van der Waals surface area contributed by atoms with E-state index in [4.69, 9.17) is 5.11 Å². The Kier molecular flexibility index (Phi) is 6.64. The van der Waals surface area contributed by atoms with Crippen LogP contribution >= 0.6 is 0 Å². The van der Waals surface area contributed by atoms with Gasteiger partial charge in [0.2, 0.25) is 0 Å². The van der Waals surface area contributed by atoms with Crippen LogP contribution in [0.3, 0.4) is 0 Å². The molecule has 27 heavy (non-hydrogen) atoms. The highest BCUT2D eigenvalue weighted by molar-refractivity contribution is 5.85. The van der Waals surface area contributed by atoms with Gasteiger partial charge in [-0.2, -0.15) is 0 Å². The van der Waals surface area contributed by atoms with E-state index in [1.165, 1.54) is 43.2 Å². The van der Waals surface area contributed by atoms with E-state index in [1.807, 2.05) is 30.3 Å². The molecule has 2 nitrogen and oxygen atoms in total. The molecule has 3 rings (SSSR count). The normalized spacial score (nSPS) is 19.9. The molecule has 0 aliphatic heterocycles. The molecule has 1 aliphatic carbocycles. The summed E-state index contributed by atoms with van der Waals surface area (Å²) in [5.74, 6) is 0.652. The van der Waals surface area contributed by atoms with E-state index < -0.39 is 5.97 Å². The number of benzene rings is 2. The maximum Gasteiger partial charge on any atom is 0.328 e. The quantitative estimate of drug-likeness (QED) is 0.441. The van der Waals surface area contributed by atoms with Crippen LogP contribution in [0, 0.1) is 5.92 Å². The molecule has 1 saturated carbocycles. The highest BCUT2D eigenvalue weighted by atomic mass is 16.4. The van der Waals surface area contributed by atoms with Gasteiger partial charge in [-0.05, 0) is 78.7 Å². The zero-order valence-electron chi connectivity index (χ0n) is 15.8. The number of aliphatic carboxylic acids is 1. The highest BCUT2D eigenvalue weighted by Crippen LogP contribution is 2.38. The lowest BCUT2D eigenvalue weighted by Crippen LogP contribution is -2.13. The first-order valence-electron chi connectivity index (χ1n) is 9.88. The van der Waals surface area contributed by atoms with Crippen molar-refractivity contribution >= 4 is 12.0 Å². The minimum atomic E-state index is -0.926. The molecule has 0 saturated heterocycles. The third kappa shape index (κ3) is 5.43. The van der Waals surface area contributed by atoms with Crippen molar-refractivity contribution in [2.24, 2.45) is 5.92 Å². The maximum absolute atomic E-state index is 10.6. The van der Waals surface area contributed by atoms with Gasteiger partial charge in [0, 0.05) is 6.08 Å². The van der Waals surface area contributed by atoms with Crippen molar-refractivity contribution < 1.29 is 9.90 Å². The molecule has 0 unspecified atom stereocenters. The molecule has 0 heterocycles. The van der Waals surface area contributed by atoms with Crippen molar-refractivity contribution in [3.63, 3.8) is 0 Å². The van der Waals surface area contributed by atoms with Gasteiger partial charge in [0.15, 0.2) is 0 Å². The molecule has 0 aromatic heterocycles. The molecule has 1 N–H and O–H groups in total. The second-order valence-electron chi connectivity index (χ2n) is 7.50. The predicted octanol–water partition coefficient (Wildman–Crippen LogP) is 6.69. The fraction of sp³-hybridized carbons (Fsp3) is 0.320. The Labute approximate surface area is 162 Å². The van der Waals surface area contributed by atoms with Gasteiger partial charge in [0.05, 0.1) is 0 Å². The van der Waals surface area contributed by atoms with Gasteiger partial charge in [-0.3, -0.25) is 0 Å². The Hall–Kier alpha value is -2.61. The van der Waals surface area contributed by atoms with E-state index in [2.05, 4.69) is 30.8 Å². The first-order chi connectivity index (χ1) is 13.2. The minimum absolute atomic E-state index is 0.697. The monoisotopic (exact) mass is 360 g/mol. The smallest absolute Gasteiger partial charge is 0.328 e. The SMILES string of the molecule is C=CCC[C@H]1CC[C@H](c2ccc(-c3ccc(/C=C/C(=O)O)cc3)cc2)CC1. The number of rotatable bonds is 7. The van der Waals surface area contributed by atoms with Gasteiger partial charge in [0.1, 0.15) is 0 Å². The van der Waals surface area contributed by atoms with Crippen LogP contribution in [0.4, 0.5) is 0 Å². The van der Waals surface area contributed by atoms with Crippen LogP contribution in [-0.2, 0) is 4.79 Å². The zero-order chi connectivity index (χ0) is 19.1. The van der Waals surface area contributed by atoms with Gasteiger partial charge in [-0.25, -0.2) is 4.79 Å². The van der Waals surface area contributed by atoms with Crippen molar-refractivity contribution in [1.82, 2.24) is 0 Å². The highest BCUT2D eigenvalue weighted by Gasteiger charge is 2.21. The fourth-order valence-corrected chi connectivity index (χ4v) is 4.04. The van der Waals surface area contributed by atoms with Gasteiger partial charge < -0.3 is 5.11 Å². The first-order valence-corrected chi connectivity index (χ1v) is 9.88. The van der Waals surface area contributed by atoms with Crippen molar-refractivity contribution in [2.45, 2.75) is 44.4 Å². The fourth-order valence-electron chi connectivity index (χ4n) is 4.04. The van der Waals surface area contributed by atoms with Crippen LogP contribution < -0.4 is 0 Å². The average Bonchev–Trinajstić information content (AvgIpc) is 2.72. The number of hydrogen-bond donors (Lipinski definition) is 1. The molecule has 140 valence electrons. The maximum atomic E-state index is 10.6. The Morgan fingerprint density at radius 2 is 1.56 bits per heavy atom. The van der Waals surface area contributed by atoms with Gasteiger partial charge in [-0.15, -0.1) is 6.58 Å². The molecule has 0 amide bonds. The summed E-state index contributed by atoms with van der Waals surface area (Å²) in [5, 5.41) is 8.70. The molecule has 2 heteroatoms. The van der Waals surface area contributed by atoms with Crippen LogP contribution in [-0.4, -0.2) is 11.1 Å². The lowest BCUT2D eigenvalue weighted by Gasteiger charge is -2.28. The summed E-state index contributed by atoms with van der Waals surface area (Å²) in [5.41, 5.74) is 4.71. The van der Waals surface area contributed by atoms with Gasteiger partial charge in [0.25, 0.3) is 0 Å². The molecule has 0 spiro atoms. The molecular formula is C25H28O2. The molecule has 0 atom stereocenters. The van der Waals surface area contributed by atoms with Crippen molar-refractivity contribution in [2.75, 3.05) is 0 Å². The number of carbonyl (C=O) groups is 1. The standard InChI is InChI=1S/C25H28O2/c1-2-3-4-19-5-10-21(11-6-19)23-14-16-24(17-15-23)22-12-7-20(8-13-22)9-18-25(26)27/h2,7-9,12-19,21H,1,3-6,10-11H2,(H,26,27)/b18-9+/t19-,21-. The Morgan fingerprint density at radius 1 is 0.963 bits per heavy atom. The first kappa shape index (κ1) is 19.2. The average molecular weight is 360 g/mol.